The second kappa shape index (κ2) is 4.30. The normalized spacial score (nSPS) is 18.5. The minimum absolute atomic E-state index is 0.297. The van der Waals surface area contributed by atoms with Gasteiger partial charge in [-0.15, -0.1) is 0 Å². The first kappa shape index (κ1) is 9.97. The Labute approximate surface area is 89.6 Å². The topological polar surface area (TPSA) is 26.3 Å². The maximum absolute atomic E-state index is 11.4. The summed E-state index contributed by atoms with van der Waals surface area (Å²) >= 11 is 0. The molecule has 0 amide bonds. The van der Waals surface area contributed by atoms with E-state index in [1.54, 1.807) is 7.11 Å². The third-order valence-corrected chi connectivity index (χ3v) is 2.66. The van der Waals surface area contributed by atoms with Crippen molar-refractivity contribution in [2.75, 3.05) is 7.11 Å². The van der Waals surface area contributed by atoms with Gasteiger partial charge < -0.3 is 4.74 Å². The van der Waals surface area contributed by atoms with Gasteiger partial charge in [0.15, 0.2) is 5.78 Å². The average Bonchev–Trinajstić information content (AvgIpc) is 2.66. The Bertz CT molecular complexity index is 388. The monoisotopic (exact) mass is 202 g/mol. The lowest BCUT2D eigenvalue weighted by molar-refractivity contribution is -0.114. The summed E-state index contributed by atoms with van der Waals surface area (Å²) in [5, 5.41) is 0. The lowest BCUT2D eigenvalue weighted by Gasteiger charge is -2.00. The van der Waals surface area contributed by atoms with E-state index in [4.69, 9.17) is 4.74 Å². The summed E-state index contributed by atoms with van der Waals surface area (Å²) in [7, 11) is 1.65. The number of hydrogen-bond acceptors (Lipinski definition) is 2. The number of hydrogen-bond donors (Lipinski definition) is 0. The third-order valence-electron chi connectivity index (χ3n) is 2.66. The molecular weight excluding hydrogens is 188 g/mol. The Balaban J connectivity index is 2.20. The zero-order valence-electron chi connectivity index (χ0n) is 8.82. The van der Waals surface area contributed by atoms with Crippen LogP contribution in [0.1, 0.15) is 24.8 Å². The van der Waals surface area contributed by atoms with E-state index in [0.29, 0.717) is 12.2 Å². The van der Waals surface area contributed by atoms with Gasteiger partial charge in [-0.3, -0.25) is 4.79 Å². The Morgan fingerprint density at radius 2 is 1.93 bits per heavy atom. The van der Waals surface area contributed by atoms with Crippen molar-refractivity contribution in [2.24, 2.45) is 0 Å². The van der Waals surface area contributed by atoms with Crippen LogP contribution in [0, 0.1) is 0 Å². The first-order valence-corrected chi connectivity index (χ1v) is 5.17. The molecule has 2 heteroatoms. The van der Waals surface area contributed by atoms with E-state index in [1.165, 1.54) is 0 Å². The van der Waals surface area contributed by atoms with Gasteiger partial charge in [-0.2, -0.15) is 0 Å². The first-order chi connectivity index (χ1) is 7.29. The number of methoxy groups -OCH3 is 1. The van der Waals surface area contributed by atoms with E-state index in [2.05, 4.69) is 0 Å². The second-order valence-electron chi connectivity index (χ2n) is 3.72. The number of rotatable bonds is 2. The molecule has 1 aliphatic carbocycles. The number of carbonyl (C=O) groups excluding carboxylic acids is 1. The van der Waals surface area contributed by atoms with Crippen LogP contribution in [0.3, 0.4) is 0 Å². The SMILES string of the molecule is COc1ccc(/C=C2\CCCC2=O)cc1. The van der Waals surface area contributed by atoms with Crippen molar-refractivity contribution in [2.45, 2.75) is 19.3 Å². The van der Waals surface area contributed by atoms with Gasteiger partial charge in [0.1, 0.15) is 5.75 Å². The molecule has 0 spiro atoms. The summed E-state index contributed by atoms with van der Waals surface area (Å²) < 4.78 is 5.07. The highest BCUT2D eigenvalue weighted by atomic mass is 16.5. The fraction of sp³-hybridized carbons (Fsp3) is 0.308. The highest BCUT2D eigenvalue weighted by Crippen LogP contribution is 2.23. The van der Waals surface area contributed by atoms with Crippen molar-refractivity contribution >= 4 is 11.9 Å². The summed E-state index contributed by atoms with van der Waals surface area (Å²) in [6, 6.07) is 7.76. The Hall–Kier alpha value is -1.57. The highest BCUT2D eigenvalue weighted by Gasteiger charge is 2.16. The molecular formula is C13H14O2. The minimum Gasteiger partial charge on any atom is -0.497 e. The Morgan fingerprint density at radius 1 is 1.20 bits per heavy atom. The smallest absolute Gasteiger partial charge is 0.158 e. The van der Waals surface area contributed by atoms with Crippen LogP contribution < -0.4 is 4.74 Å². The van der Waals surface area contributed by atoms with E-state index in [-0.39, 0.29) is 0 Å². The van der Waals surface area contributed by atoms with Gasteiger partial charge in [0, 0.05) is 6.42 Å². The number of allylic oxidation sites excluding steroid dienone is 1. The Morgan fingerprint density at radius 3 is 2.47 bits per heavy atom. The second-order valence-corrected chi connectivity index (χ2v) is 3.72. The van der Waals surface area contributed by atoms with Crippen molar-refractivity contribution < 1.29 is 9.53 Å². The molecule has 0 heterocycles. The molecule has 0 N–H and O–H groups in total. The van der Waals surface area contributed by atoms with Gasteiger partial charge >= 0.3 is 0 Å². The van der Waals surface area contributed by atoms with Gasteiger partial charge in [-0.1, -0.05) is 12.1 Å². The summed E-state index contributed by atoms with van der Waals surface area (Å²) in [6.07, 6.45) is 4.61. The predicted molar refractivity (Wildman–Crippen MR) is 59.8 cm³/mol. The molecule has 0 unspecified atom stereocenters. The highest BCUT2D eigenvalue weighted by molar-refractivity contribution is 6.01. The van der Waals surface area contributed by atoms with Crippen LogP contribution in [0.15, 0.2) is 29.8 Å². The van der Waals surface area contributed by atoms with Gasteiger partial charge in [-0.25, -0.2) is 0 Å². The molecule has 78 valence electrons. The summed E-state index contributed by atoms with van der Waals surface area (Å²) in [5.41, 5.74) is 2.03. The van der Waals surface area contributed by atoms with Gasteiger partial charge in [0.05, 0.1) is 7.11 Å². The standard InChI is InChI=1S/C13H14O2/c1-15-12-7-5-10(6-8-12)9-11-3-2-4-13(11)14/h5-9H,2-4H2,1H3/b11-9+. The van der Waals surface area contributed by atoms with Gasteiger partial charge in [0.25, 0.3) is 0 Å². The lowest BCUT2D eigenvalue weighted by Crippen LogP contribution is -1.90. The summed E-state index contributed by atoms with van der Waals surface area (Å²) in [6.45, 7) is 0. The molecule has 0 radical (unpaired) electrons. The zero-order chi connectivity index (χ0) is 10.7. The van der Waals surface area contributed by atoms with Crippen molar-refractivity contribution in [1.29, 1.82) is 0 Å². The van der Waals surface area contributed by atoms with Crippen LogP contribution in [-0.2, 0) is 4.79 Å². The van der Waals surface area contributed by atoms with E-state index in [0.717, 1.165) is 29.7 Å². The van der Waals surface area contributed by atoms with Gasteiger partial charge in [0.2, 0.25) is 0 Å². The largest absolute Gasteiger partial charge is 0.497 e. The number of ether oxygens (including phenoxy) is 1. The maximum Gasteiger partial charge on any atom is 0.158 e. The molecule has 0 aliphatic heterocycles. The Kier molecular flexibility index (Phi) is 2.86. The molecule has 2 rings (SSSR count). The molecule has 0 bridgehead atoms. The molecule has 1 aliphatic rings. The third kappa shape index (κ3) is 2.27. The van der Waals surface area contributed by atoms with Crippen LogP contribution in [0.25, 0.3) is 6.08 Å². The van der Waals surface area contributed by atoms with E-state index in [1.807, 2.05) is 30.3 Å². The van der Waals surface area contributed by atoms with Crippen LogP contribution in [0.4, 0.5) is 0 Å². The van der Waals surface area contributed by atoms with Crippen molar-refractivity contribution in [3.63, 3.8) is 0 Å². The molecule has 2 nitrogen and oxygen atoms in total. The fourth-order valence-electron chi connectivity index (χ4n) is 1.79. The molecule has 0 saturated heterocycles. The molecule has 0 aromatic heterocycles. The first-order valence-electron chi connectivity index (χ1n) is 5.17. The van der Waals surface area contributed by atoms with E-state index in [9.17, 15) is 4.79 Å². The quantitative estimate of drug-likeness (QED) is 0.689. The fourth-order valence-corrected chi connectivity index (χ4v) is 1.79. The molecule has 1 aromatic carbocycles. The number of carbonyl (C=O) groups is 1. The van der Waals surface area contributed by atoms with Crippen LogP contribution in [0.2, 0.25) is 0 Å². The molecule has 0 atom stereocenters. The molecule has 1 saturated carbocycles. The van der Waals surface area contributed by atoms with Crippen LogP contribution in [-0.4, -0.2) is 12.9 Å². The van der Waals surface area contributed by atoms with Gasteiger partial charge in [-0.05, 0) is 42.2 Å². The molecule has 1 aromatic rings. The molecule has 1 fully saturated rings. The van der Waals surface area contributed by atoms with Crippen molar-refractivity contribution in [3.8, 4) is 5.75 Å². The van der Waals surface area contributed by atoms with E-state index >= 15 is 0 Å². The summed E-state index contributed by atoms with van der Waals surface area (Å²) in [4.78, 5) is 11.4. The number of benzene rings is 1. The van der Waals surface area contributed by atoms with Crippen LogP contribution in [0.5, 0.6) is 5.75 Å². The number of ketones is 1. The molecule has 15 heavy (non-hydrogen) atoms. The van der Waals surface area contributed by atoms with Crippen LogP contribution >= 0.6 is 0 Å². The zero-order valence-corrected chi connectivity index (χ0v) is 8.82. The number of Topliss-reactive ketones (excluding diaryl/α,β-unsaturated/α-hetero) is 1. The van der Waals surface area contributed by atoms with E-state index < -0.39 is 0 Å². The van der Waals surface area contributed by atoms with Crippen molar-refractivity contribution in [1.82, 2.24) is 0 Å². The average molecular weight is 202 g/mol. The maximum atomic E-state index is 11.4. The predicted octanol–water partition coefficient (Wildman–Crippen LogP) is 2.83. The minimum atomic E-state index is 0.297. The summed E-state index contributed by atoms with van der Waals surface area (Å²) in [5.74, 6) is 1.14. The van der Waals surface area contributed by atoms with Crippen molar-refractivity contribution in [3.05, 3.63) is 35.4 Å². The lowest BCUT2D eigenvalue weighted by atomic mass is 10.1.